The Morgan fingerprint density at radius 3 is 1.38 bits per heavy atom. The topological polar surface area (TPSA) is 0 Å². The highest BCUT2D eigenvalue weighted by molar-refractivity contribution is 5.17. The van der Waals surface area contributed by atoms with Crippen molar-refractivity contribution in [2.24, 2.45) is 0 Å². The molecule has 34 heavy (non-hydrogen) atoms. The molecule has 0 spiro atoms. The molecule has 0 radical (unpaired) electrons. The van der Waals surface area contributed by atoms with Crippen molar-refractivity contribution in [2.75, 3.05) is 6.54 Å². The molecule has 180 valence electrons. The Morgan fingerprint density at radius 1 is 0.500 bits per heavy atom. The van der Waals surface area contributed by atoms with Crippen molar-refractivity contribution in [2.45, 2.75) is 77.9 Å². The Labute approximate surface area is 208 Å². The third kappa shape index (κ3) is 9.69. The van der Waals surface area contributed by atoms with Crippen LogP contribution < -0.4 is 0 Å². The number of nitrogens with zero attached hydrogens (tertiary/aromatic N) is 1. The summed E-state index contributed by atoms with van der Waals surface area (Å²) in [4.78, 5) is 0. The summed E-state index contributed by atoms with van der Waals surface area (Å²) in [7, 11) is 0. The number of benzene rings is 3. The summed E-state index contributed by atoms with van der Waals surface area (Å²) in [6.07, 6.45) is 15.5. The van der Waals surface area contributed by atoms with Crippen molar-refractivity contribution in [1.29, 1.82) is 0 Å². The lowest BCUT2D eigenvalue weighted by atomic mass is 10.1. The van der Waals surface area contributed by atoms with E-state index in [-0.39, 0.29) is 0 Å². The molecule has 0 unspecified atom stereocenters. The number of unbranched alkanes of at least 4 members (excludes halogenated alkanes) is 6. The first kappa shape index (κ1) is 26.0. The van der Waals surface area contributed by atoms with Crippen LogP contribution in [0.2, 0.25) is 0 Å². The molecule has 1 heteroatoms. The maximum Gasteiger partial charge on any atom is 0.105 e. The van der Waals surface area contributed by atoms with E-state index in [1.165, 1.54) is 61.6 Å². The van der Waals surface area contributed by atoms with Gasteiger partial charge in [-0.3, -0.25) is 0 Å². The van der Waals surface area contributed by atoms with Crippen molar-refractivity contribution in [3.8, 4) is 0 Å². The predicted octanol–water partition coefficient (Wildman–Crippen LogP) is 9.10. The Balaban J connectivity index is 1.70. The molecule has 0 bridgehead atoms. The van der Waals surface area contributed by atoms with Gasteiger partial charge < -0.3 is 4.48 Å². The van der Waals surface area contributed by atoms with Gasteiger partial charge in [-0.2, -0.15) is 0 Å². The predicted molar refractivity (Wildman–Crippen MR) is 147 cm³/mol. The summed E-state index contributed by atoms with van der Waals surface area (Å²) in [5, 5.41) is 0. The Bertz CT molecular complexity index is 813. The second-order valence-corrected chi connectivity index (χ2v) is 9.81. The lowest BCUT2D eigenvalue weighted by molar-refractivity contribution is -0.965. The van der Waals surface area contributed by atoms with Gasteiger partial charge in [-0.05, 0) is 12.8 Å². The molecule has 0 saturated heterocycles. The summed E-state index contributed by atoms with van der Waals surface area (Å²) in [6.45, 7) is 6.59. The summed E-state index contributed by atoms with van der Waals surface area (Å²) in [5.74, 6) is 0. The van der Waals surface area contributed by atoms with Crippen LogP contribution in [0.1, 0.15) is 75.0 Å². The molecular weight excluding hydrogens is 410 g/mol. The van der Waals surface area contributed by atoms with Gasteiger partial charge in [-0.25, -0.2) is 0 Å². The molecule has 0 N–H and O–H groups in total. The van der Waals surface area contributed by atoms with E-state index in [9.17, 15) is 0 Å². The maximum atomic E-state index is 2.44. The minimum Gasteiger partial charge on any atom is -0.312 e. The molecular formula is C33H44N+. The van der Waals surface area contributed by atoms with Gasteiger partial charge in [0.05, 0.1) is 6.54 Å². The number of hydrogen-bond donors (Lipinski definition) is 0. The smallest absolute Gasteiger partial charge is 0.105 e. The largest absolute Gasteiger partial charge is 0.312 e. The van der Waals surface area contributed by atoms with Gasteiger partial charge in [0, 0.05) is 23.1 Å². The van der Waals surface area contributed by atoms with Gasteiger partial charge in [-0.1, -0.05) is 142 Å². The van der Waals surface area contributed by atoms with Crippen molar-refractivity contribution < 1.29 is 4.48 Å². The highest BCUT2D eigenvalue weighted by Crippen LogP contribution is 2.25. The molecule has 0 aliphatic rings. The third-order valence-electron chi connectivity index (χ3n) is 6.74. The average Bonchev–Trinajstić information content (AvgIpc) is 2.87. The quantitative estimate of drug-likeness (QED) is 0.115. The Kier molecular flexibility index (Phi) is 11.7. The lowest BCUT2D eigenvalue weighted by Crippen LogP contribution is -2.46. The van der Waals surface area contributed by atoms with Crippen LogP contribution in [0.15, 0.2) is 103 Å². The van der Waals surface area contributed by atoms with Gasteiger partial charge in [0.2, 0.25) is 0 Å². The van der Waals surface area contributed by atoms with E-state index >= 15 is 0 Å². The molecule has 1 nitrogen and oxygen atoms in total. The molecule has 3 aromatic carbocycles. The van der Waals surface area contributed by atoms with E-state index in [4.69, 9.17) is 0 Å². The fourth-order valence-corrected chi connectivity index (χ4v) is 4.94. The molecule has 3 aromatic rings. The van der Waals surface area contributed by atoms with Crippen LogP contribution in [-0.2, 0) is 19.6 Å². The van der Waals surface area contributed by atoms with E-state index in [0.717, 1.165) is 37.1 Å². The Morgan fingerprint density at radius 2 is 0.912 bits per heavy atom. The number of rotatable bonds is 16. The van der Waals surface area contributed by atoms with Crippen LogP contribution in [0.25, 0.3) is 0 Å². The van der Waals surface area contributed by atoms with Crippen LogP contribution in [0, 0.1) is 0 Å². The van der Waals surface area contributed by atoms with Crippen LogP contribution in [0.4, 0.5) is 0 Å². The van der Waals surface area contributed by atoms with Gasteiger partial charge in [0.1, 0.15) is 19.6 Å². The molecule has 3 rings (SSSR count). The van der Waals surface area contributed by atoms with Gasteiger partial charge in [0.25, 0.3) is 0 Å². The van der Waals surface area contributed by atoms with Crippen molar-refractivity contribution in [3.05, 3.63) is 120 Å². The molecule has 0 aliphatic heterocycles. The van der Waals surface area contributed by atoms with E-state index in [1.807, 2.05) is 0 Å². The fraction of sp³-hybridized carbons (Fsp3) is 0.394. The minimum atomic E-state index is 1.04. The monoisotopic (exact) mass is 454 g/mol. The zero-order valence-corrected chi connectivity index (χ0v) is 21.2. The zero-order chi connectivity index (χ0) is 23.7. The SMILES string of the molecule is CCCCCCCC/C=C/CC[N+](Cc1ccccc1)(Cc1ccccc1)Cc1ccccc1. The molecule has 0 saturated carbocycles. The standard InChI is InChI=1S/C33H44N/c1-2-3-4-5-6-7-8-9-10-20-27-34(28-31-21-14-11-15-22-31,29-32-23-16-12-17-24-32)30-33-25-18-13-19-26-33/h9-19,21-26H,2-8,20,27-30H2,1H3/q+1/b10-9+. The molecule has 0 heterocycles. The van der Waals surface area contributed by atoms with Gasteiger partial charge in [-0.15, -0.1) is 0 Å². The van der Waals surface area contributed by atoms with Crippen LogP contribution in [0.5, 0.6) is 0 Å². The first-order valence-corrected chi connectivity index (χ1v) is 13.4. The normalized spacial score (nSPS) is 11.8. The number of allylic oxidation sites excluding steroid dienone is 1. The molecule has 0 fully saturated rings. The fourth-order valence-electron chi connectivity index (χ4n) is 4.94. The first-order chi connectivity index (χ1) is 16.8. The van der Waals surface area contributed by atoms with Crippen molar-refractivity contribution >= 4 is 0 Å². The highest BCUT2D eigenvalue weighted by atomic mass is 15.3. The zero-order valence-electron chi connectivity index (χ0n) is 21.2. The van der Waals surface area contributed by atoms with Crippen LogP contribution >= 0.6 is 0 Å². The van der Waals surface area contributed by atoms with Gasteiger partial charge in [0.15, 0.2) is 0 Å². The molecule has 0 aliphatic carbocycles. The molecule has 0 aromatic heterocycles. The summed E-state index contributed by atoms with van der Waals surface area (Å²) < 4.78 is 1.04. The summed E-state index contributed by atoms with van der Waals surface area (Å²) >= 11 is 0. The first-order valence-electron chi connectivity index (χ1n) is 13.4. The highest BCUT2D eigenvalue weighted by Gasteiger charge is 2.28. The average molecular weight is 455 g/mol. The van der Waals surface area contributed by atoms with E-state index in [2.05, 4.69) is 110 Å². The second-order valence-electron chi connectivity index (χ2n) is 9.81. The van der Waals surface area contributed by atoms with Crippen LogP contribution in [-0.4, -0.2) is 11.0 Å². The molecule has 0 atom stereocenters. The van der Waals surface area contributed by atoms with Crippen LogP contribution in [0.3, 0.4) is 0 Å². The van der Waals surface area contributed by atoms with Crippen molar-refractivity contribution in [1.82, 2.24) is 0 Å². The summed E-state index contributed by atoms with van der Waals surface area (Å²) in [6, 6.07) is 33.2. The summed E-state index contributed by atoms with van der Waals surface area (Å²) in [5.41, 5.74) is 4.27. The van der Waals surface area contributed by atoms with E-state index in [0.29, 0.717) is 0 Å². The number of hydrogen-bond acceptors (Lipinski definition) is 0. The number of quaternary nitrogens is 1. The maximum absolute atomic E-state index is 2.44. The minimum absolute atomic E-state index is 1.04. The second kappa shape index (κ2) is 15.3. The lowest BCUT2D eigenvalue weighted by Gasteiger charge is -2.39. The van der Waals surface area contributed by atoms with Crippen molar-refractivity contribution in [3.63, 3.8) is 0 Å². The van der Waals surface area contributed by atoms with Gasteiger partial charge >= 0.3 is 0 Å². The van der Waals surface area contributed by atoms with E-state index in [1.54, 1.807) is 0 Å². The third-order valence-corrected chi connectivity index (χ3v) is 6.74. The molecule has 0 amide bonds. The van der Waals surface area contributed by atoms with E-state index < -0.39 is 0 Å². The Hall–Kier alpha value is -2.64.